The minimum Gasteiger partial charge on any atom is -0.624 e. The Kier molecular flexibility index (Phi) is 6.89. The van der Waals surface area contributed by atoms with Crippen LogP contribution in [0.15, 0.2) is 120 Å². The number of hydrogen-bond donors (Lipinski definition) is 0. The molecule has 7 rings (SSSR count). The summed E-state index contributed by atoms with van der Waals surface area (Å²) in [6.07, 6.45) is 3.54. The molecule has 1 radical (unpaired) electrons. The van der Waals surface area contributed by atoms with Gasteiger partial charge in [0.05, 0.1) is 0 Å². The molecule has 0 N–H and O–H groups in total. The molecule has 177 valence electrons. The predicted octanol–water partition coefficient (Wildman–Crippen LogP) is 7.92. The van der Waals surface area contributed by atoms with E-state index in [1.54, 1.807) is 6.08 Å². The van der Waals surface area contributed by atoms with E-state index in [2.05, 4.69) is 33.5 Å². The van der Waals surface area contributed by atoms with Gasteiger partial charge >= 0.3 is 0 Å². The Labute approximate surface area is 221 Å². The van der Waals surface area contributed by atoms with Crippen LogP contribution in [0.3, 0.4) is 0 Å². The molecule has 4 aromatic carbocycles. The Morgan fingerprint density at radius 3 is 2.47 bits per heavy atom. The van der Waals surface area contributed by atoms with Gasteiger partial charge in [0.15, 0.2) is 5.58 Å². The van der Waals surface area contributed by atoms with Crippen LogP contribution in [0.5, 0.6) is 5.75 Å². The summed E-state index contributed by atoms with van der Waals surface area (Å²) >= 11 is 0. The Bertz CT molecular complexity index is 1600. The smallest absolute Gasteiger partial charge is 0.221 e. The van der Waals surface area contributed by atoms with E-state index in [4.69, 9.17) is 9.15 Å². The number of para-hydroxylation sites is 4. The quantitative estimate of drug-likeness (QED) is 0.180. The second-order valence-corrected chi connectivity index (χ2v) is 7.84. The van der Waals surface area contributed by atoms with Gasteiger partial charge in [0.1, 0.15) is 11.3 Å². The van der Waals surface area contributed by atoms with E-state index >= 15 is 0 Å². The second-order valence-electron chi connectivity index (χ2n) is 7.84. The van der Waals surface area contributed by atoms with Gasteiger partial charge in [-0.2, -0.15) is 0 Å². The number of nitrogens with zero attached hydrogens (tertiary/aromatic N) is 3. The van der Waals surface area contributed by atoms with Gasteiger partial charge in [-0.15, -0.1) is 35.9 Å². The first-order chi connectivity index (χ1) is 17.3. The number of hydrogen-bond acceptors (Lipinski definition) is 4. The minimum atomic E-state index is 0. The number of pyridine rings is 1. The fourth-order valence-corrected chi connectivity index (χ4v) is 3.88. The molecule has 0 spiro atoms. The number of oxazole rings is 1. The fourth-order valence-electron chi connectivity index (χ4n) is 3.88. The molecule has 0 aliphatic carbocycles. The molecular formula is C30H19IrN3O2-2. The third kappa shape index (κ3) is 4.91. The van der Waals surface area contributed by atoms with Crippen molar-refractivity contribution >= 4 is 33.6 Å². The number of ether oxygens (including phenoxy) is 1. The SMILES string of the molecule is C(=C1/[N-]c2ccccc2O1)/c1nc2ccccc2o1.[Ir].[c-]1ccccc1-c1nccc2ccccc12. The van der Waals surface area contributed by atoms with E-state index in [1.165, 1.54) is 10.8 Å². The maximum Gasteiger partial charge on any atom is 0.221 e. The van der Waals surface area contributed by atoms with Gasteiger partial charge in [-0.1, -0.05) is 60.3 Å². The first-order valence-electron chi connectivity index (χ1n) is 11.2. The molecule has 0 saturated heterocycles. The van der Waals surface area contributed by atoms with Gasteiger partial charge in [-0.25, -0.2) is 4.98 Å². The summed E-state index contributed by atoms with van der Waals surface area (Å²) in [4.78, 5) is 8.80. The summed E-state index contributed by atoms with van der Waals surface area (Å²) in [5.41, 5.74) is 4.44. The molecule has 2 aromatic heterocycles. The summed E-state index contributed by atoms with van der Waals surface area (Å²) in [5, 5.41) is 6.74. The Balaban J connectivity index is 0.000000146. The van der Waals surface area contributed by atoms with Gasteiger partial charge < -0.3 is 19.5 Å². The normalized spacial score (nSPS) is 12.7. The summed E-state index contributed by atoms with van der Waals surface area (Å²) in [6.45, 7) is 0. The van der Waals surface area contributed by atoms with Gasteiger partial charge in [0, 0.05) is 38.3 Å². The standard InChI is InChI=1S/C15H9N2O2.C15H10N.Ir/c1-3-7-12-10(5-1)16-14(18-12)9-15-17-11-6-2-4-8-13(11)19-15;1-2-7-13(8-3-1)15-14-9-5-4-6-12(14)10-11-16-15;/h1-9H;1-7,9-11H;/q2*-1;/b14-9+;;. The third-order valence-corrected chi connectivity index (χ3v) is 5.51. The van der Waals surface area contributed by atoms with E-state index in [0.717, 1.165) is 33.8 Å². The van der Waals surface area contributed by atoms with Crippen LogP contribution in [-0.4, -0.2) is 9.97 Å². The molecule has 0 saturated carbocycles. The molecule has 0 atom stereocenters. The number of fused-ring (bicyclic) bond motifs is 3. The van der Waals surface area contributed by atoms with Gasteiger partial charge in [-0.3, -0.25) is 0 Å². The molecule has 36 heavy (non-hydrogen) atoms. The van der Waals surface area contributed by atoms with Crippen molar-refractivity contribution in [3.63, 3.8) is 0 Å². The predicted molar refractivity (Wildman–Crippen MR) is 138 cm³/mol. The van der Waals surface area contributed by atoms with Gasteiger partial charge in [0.25, 0.3) is 0 Å². The van der Waals surface area contributed by atoms with Crippen LogP contribution in [0.2, 0.25) is 0 Å². The van der Waals surface area contributed by atoms with E-state index in [0.29, 0.717) is 11.8 Å². The molecule has 0 bridgehead atoms. The van der Waals surface area contributed by atoms with Gasteiger partial charge in [-0.05, 0) is 40.7 Å². The van der Waals surface area contributed by atoms with Crippen molar-refractivity contribution in [3.8, 4) is 17.0 Å². The molecule has 3 heterocycles. The van der Waals surface area contributed by atoms with Gasteiger partial charge in [0.2, 0.25) is 5.89 Å². The van der Waals surface area contributed by atoms with Crippen molar-refractivity contribution in [2.45, 2.75) is 0 Å². The molecule has 6 aromatic rings. The van der Waals surface area contributed by atoms with Crippen molar-refractivity contribution < 1.29 is 29.3 Å². The number of rotatable bonds is 2. The van der Waals surface area contributed by atoms with Crippen molar-refractivity contribution in [3.05, 3.63) is 132 Å². The van der Waals surface area contributed by atoms with Crippen LogP contribution in [0.1, 0.15) is 5.89 Å². The fraction of sp³-hybridized carbons (Fsp3) is 0. The van der Waals surface area contributed by atoms with Crippen LogP contribution in [0.4, 0.5) is 5.69 Å². The second kappa shape index (κ2) is 10.6. The Morgan fingerprint density at radius 1 is 0.806 bits per heavy atom. The molecule has 6 heteroatoms. The maximum absolute atomic E-state index is 5.60. The molecule has 0 unspecified atom stereocenters. The van der Waals surface area contributed by atoms with Crippen molar-refractivity contribution in [1.82, 2.24) is 9.97 Å². The van der Waals surface area contributed by atoms with Crippen LogP contribution in [-0.2, 0) is 20.1 Å². The molecule has 0 amide bonds. The Hall–Kier alpha value is -4.25. The summed E-state index contributed by atoms with van der Waals surface area (Å²) in [7, 11) is 0. The van der Waals surface area contributed by atoms with Crippen molar-refractivity contribution in [2.24, 2.45) is 0 Å². The monoisotopic (exact) mass is 646 g/mol. The third-order valence-electron chi connectivity index (χ3n) is 5.51. The zero-order valence-corrected chi connectivity index (χ0v) is 21.4. The number of aromatic nitrogens is 2. The van der Waals surface area contributed by atoms with E-state index in [-0.39, 0.29) is 20.1 Å². The van der Waals surface area contributed by atoms with Crippen LogP contribution in [0.25, 0.3) is 44.5 Å². The number of benzene rings is 4. The molecule has 1 aliphatic rings. The maximum atomic E-state index is 5.60. The topological polar surface area (TPSA) is 62.2 Å². The van der Waals surface area contributed by atoms with Crippen LogP contribution >= 0.6 is 0 Å². The van der Waals surface area contributed by atoms with Crippen LogP contribution in [0, 0.1) is 6.07 Å². The average Bonchev–Trinajstić information content (AvgIpc) is 3.52. The Morgan fingerprint density at radius 2 is 1.61 bits per heavy atom. The van der Waals surface area contributed by atoms with E-state index in [9.17, 15) is 0 Å². The first kappa shape index (κ1) is 23.5. The van der Waals surface area contributed by atoms with Crippen molar-refractivity contribution in [2.75, 3.05) is 0 Å². The molecule has 5 nitrogen and oxygen atoms in total. The zero-order valence-electron chi connectivity index (χ0n) is 19.0. The molecule has 0 fully saturated rings. The van der Waals surface area contributed by atoms with E-state index in [1.807, 2.05) is 97.2 Å². The van der Waals surface area contributed by atoms with Crippen molar-refractivity contribution in [1.29, 1.82) is 0 Å². The summed E-state index contributed by atoms with van der Waals surface area (Å²) in [6, 6.07) is 36.7. The van der Waals surface area contributed by atoms with E-state index < -0.39 is 0 Å². The first-order valence-corrected chi connectivity index (χ1v) is 11.2. The zero-order chi connectivity index (χ0) is 23.5. The molecular weight excluding hydrogens is 627 g/mol. The summed E-state index contributed by atoms with van der Waals surface area (Å²) in [5.74, 6) is 1.74. The average molecular weight is 646 g/mol. The van der Waals surface area contributed by atoms with Crippen LogP contribution < -0.4 is 4.74 Å². The molecule has 1 aliphatic heterocycles. The minimum absolute atomic E-state index is 0. The largest absolute Gasteiger partial charge is 0.624 e. The summed E-state index contributed by atoms with van der Waals surface area (Å²) < 4.78 is 11.2.